The van der Waals surface area contributed by atoms with E-state index in [1.807, 2.05) is 0 Å². The minimum absolute atomic E-state index is 0.00908. The molecule has 8 nitrogen and oxygen atoms in total. The van der Waals surface area contributed by atoms with Crippen molar-refractivity contribution >= 4 is 5.97 Å². The molecule has 22 heavy (non-hydrogen) atoms. The summed E-state index contributed by atoms with van der Waals surface area (Å²) in [6.45, 7) is -0.545. The third kappa shape index (κ3) is 2.92. The van der Waals surface area contributed by atoms with Crippen LogP contribution in [0.15, 0.2) is 18.2 Å². The molecule has 122 valence electrons. The average Bonchev–Trinajstić information content (AvgIpc) is 2.52. The van der Waals surface area contributed by atoms with Crippen LogP contribution in [-0.4, -0.2) is 69.6 Å². The summed E-state index contributed by atoms with van der Waals surface area (Å²) in [6.07, 6.45) is -6.55. The lowest BCUT2D eigenvalue weighted by atomic mass is 9.90. The molecule has 1 fully saturated rings. The Balaban J connectivity index is 2.39. The first-order chi connectivity index (χ1) is 10.4. The van der Waals surface area contributed by atoms with Crippen LogP contribution in [0, 0.1) is 0 Å². The molecule has 8 heteroatoms. The zero-order valence-electron chi connectivity index (χ0n) is 11.8. The van der Waals surface area contributed by atoms with Gasteiger partial charge in [-0.3, -0.25) is 0 Å². The zero-order chi connectivity index (χ0) is 16.4. The predicted molar refractivity (Wildman–Crippen MR) is 72.7 cm³/mol. The fourth-order valence-electron chi connectivity index (χ4n) is 2.44. The minimum Gasteiger partial charge on any atom is -0.496 e. The topological polar surface area (TPSA) is 137 Å². The molecule has 5 N–H and O–H groups in total. The van der Waals surface area contributed by atoms with Gasteiger partial charge in [0.15, 0.2) is 0 Å². The highest BCUT2D eigenvalue weighted by atomic mass is 16.5. The first kappa shape index (κ1) is 16.7. The summed E-state index contributed by atoms with van der Waals surface area (Å²) in [7, 11) is 1.33. The summed E-state index contributed by atoms with van der Waals surface area (Å²) in [4.78, 5) is 11.0. The van der Waals surface area contributed by atoms with Crippen LogP contribution in [0.4, 0.5) is 0 Å². The van der Waals surface area contributed by atoms with E-state index in [-0.39, 0.29) is 11.3 Å². The van der Waals surface area contributed by atoms with Gasteiger partial charge in [0.25, 0.3) is 0 Å². The van der Waals surface area contributed by atoms with Gasteiger partial charge in [-0.2, -0.15) is 0 Å². The van der Waals surface area contributed by atoms with Gasteiger partial charge in [0.05, 0.1) is 19.3 Å². The monoisotopic (exact) mass is 314 g/mol. The van der Waals surface area contributed by atoms with Crippen LogP contribution in [0.2, 0.25) is 0 Å². The lowest BCUT2D eigenvalue weighted by Gasteiger charge is -2.40. The average molecular weight is 314 g/mol. The van der Waals surface area contributed by atoms with Crippen molar-refractivity contribution in [2.75, 3.05) is 13.7 Å². The van der Waals surface area contributed by atoms with Crippen LogP contribution >= 0.6 is 0 Å². The Morgan fingerprint density at radius 3 is 2.45 bits per heavy atom. The molecule has 0 spiro atoms. The number of methoxy groups -OCH3 is 1. The van der Waals surface area contributed by atoms with Gasteiger partial charge in [-0.25, -0.2) is 4.79 Å². The molecule has 2 rings (SSSR count). The molecule has 1 aromatic rings. The molecule has 0 saturated carbocycles. The second-order valence-electron chi connectivity index (χ2n) is 5.01. The van der Waals surface area contributed by atoms with E-state index in [4.69, 9.17) is 14.6 Å². The maximum atomic E-state index is 11.0. The second kappa shape index (κ2) is 6.59. The van der Waals surface area contributed by atoms with Crippen molar-refractivity contribution in [2.24, 2.45) is 0 Å². The lowest BCUT2D eigenvalue weighted by Crippen LogP contribution is -2.55. The predicted octanol–water partition coefficient (Wildman–Crippen LogP) is -1.09. The summed E-state index contributed by atoms with van der Waals surface area (Å²) < 4.78 is 10.5. The third-order valence-electron chi connectivity index (χ3n) is 3.68. The van der Waals surface area contributed by atoms with E-state index >= 15 is 0 Å². The molecule has 1 aliphatic heterocycles. The van der Waals surface area contributed by atoms with E-state index in [9.17, 15) is 25.2 Å². The highest BCUT2D eigenvalue weighted by Crippen LogP contribution is 2.37. The SMILES string of the molecule is COc1cc(C(=O)O)ccc1C1O[C@H](CO)[C@@H](O)[C@H](O)[C@H]1O. The van der Waals surface area contributed by atoms with Crippen LogP contribution in [0.3, 0.4) is 0 Å². The van der Waals surface area contributed by atoms with Crippen LogP contribution in [0.25, 0.3) is 0 Å². The lowest BCUT2D eigenvalue weighted by molar-refractivity contribution is -0.232. The summed E-state index contributed by atoms with van der Waals surface area (Å²) in [5, 5.41) is 47.8. The number of aliphatic hydroxyl groups is 4. The maximum Gasteiger partial charge on any atom is 0.335 e. The summed E-state index contributed by atoms with van der Waals surface area (Å²) in [5.41, 5.74) is 0.301. The molecular formula is C14H18O8. The number of carboxylic acids is 1. The van der Waals surface area contributed by atoms with Crippen molar-refractivity contribution in [3.05, 3.63) is 29.3 Å². The van der Waals surface area contributed by atoms with Gasteiger partial charge < -0.3 is 35.0 Å². The Morgan fingerprint density at radius 2 is 1.91 bits per heavy atom. The molecule has 1 saturated heterocycles. The normalized spacial score (nSPS) is 31.8. The fraction of sp³-hybridized carbons (Fsp3) is 0.500. The van der Waals surface area contributed by atoms with Gasteiger partial charge >= 0.3 is 5.97 Å². The summed E-state index contributed by atoms with van der Waals surface area (Å²) in [5.74, 6) is -0.983. The number of hydrogen-bond acceptors (Lipinski definition) is 7. The molecule has 5 atom stereocenters. The zero-order valence-corrected chi connectivity index (χ0v) is 11.8. The molecule has 1 unspecified atom stereocenters. The Labute approximate surface area is 126 Å². The Morgan fingerprint density at radius 1 is 1.23 bits per heavy atom. The molecular weight excluding hydrogens is 296 g/mol. The summed E-state index contributed by atoms with van der Waals surface area (Å²) >= 11 is 0. The van der Waals surface area contributed by atoms with Crippen LogP contribution < -0.4 is 4.74 Å². The van der Waals surface area contributed by atoms with Gasteiger partial charge in [-0.15, -0.1) is 0 Å². The van der Waals surface area contributed by atoms with Crippen molar-refractivity contribution in [3.63, 3.8) is 0 Å². The molecule has 0 aliphatic carbocycles. The number of aromatic carboxylic acids is 1. The molecule has 1 aromatic carbocycles. The third-order valence-corrected chi connectivity index (χ3v) is 3.68. The standard InChI is InChI=1S/C14H18O8/c1-21-8-4-6(14(19)20)2-3-7(8)13-12(18)11(17)10(16)9(5-15)22-13/h2-4,9-13,15-18H,5H2,1H3,(H,19,20)/t9-,10-,11+,12-,13?/m1/s1. The minimum atomic E-state index is -1.51. The van der Waals surface area contributed by atoms with E-state index in [2.05, 4.69) is 0 Å². The van der Waals surface area contributed by atoms with Crippen molar-refractivity contribution < 1.29 is 39.8 Å². The Kier molecular flexibility index (Phi) is 4.99. The number of ether oxygens (including phenoxy) is 2. The molecule has 0 radical (unpaired) electrons. The second-order valence-corrected chi connectivity index (χ2v) is 5.01. The van der Waals surface area contributed by atoms with Gasteiger partial charge in [-0.1, -0.05) is 6.07 Å². The van der Waals surface area contributed by atoms with E-state index in [1.54, 1.807) is 0 Å². The largest absolute Gasteiger partial charge is 0.496 e. The van der Waals surface area contributed by atoms with Crippen LogP contribution in [-0.2, 0) is 4.74 Å². The van der Waals surface area contributed by atoms with Crippen molar-refractivity contribution in [3.8, 4) is 5.75 Å². The first-order valence-corrected chi connectivity index (χ1v) is 6.62. The van der Waals surface area contributed by atoms with Crippen LogP contribution in [0.5, 0.6) is 5.75 Å². The Bertz CT molecular complexity index is 544. The van der Waals surface area contributed by atoms with Crippen molar-refractivity contribution in [1.82, 2.24) is 0 Å². The number of carboxylic acid groups (broad SMARTS) is 1. The van der Waals surface area contributed by atoms with Gasteiger partial charge in [0.1, 0.15) is 36.3 Å². The number of aliphatic hydroxyl groups excluding tert-OH is 4. The van der Waals surface area contributed by atoms with Gasteiger partial charge in [-0.05, 0) is 12.1 Å². The molecule has 1 aliphatic rings. The molecule has 0 bridgehead atoms. The molecule has 1 heterocycles. The smallest absolute Gasteiger partial charge is 0.335 e. The molecule has 0 amide bonds. The summed E-state index contributed by atoms with van der Waals surface area (Å²) in [6, 6.07) is 3.97. The van der Waals surface area contributed by atoms with Gasteiger partial charge in [0, 0.05) is 5.56 Å². The number of benzene rings is 1. The van der Waals surface area contributed by atoms with E-state index in [0.717, 1.165) is 0 Å². The van der Waals surface area contributed by atoms with E-state index in [1.165, 1.54) is 25.3 Å². The highest BCUT2D eigenvalue weighted by molar-refractivity contribution is 5.88. The number of rotatable bonds is 4. The quantitative estimate of drug-likeness (QED) is 0.473. The highest BCUT2D eigenvalue weighted by Gasteiger charge is 2.44. The van der Waals surface area contributed by atoms with Crippen molar-refractivity contribution in [2.45, 2.75) is 30.5 Å². The number of carbonyl (C=O) groups is 1. The van der Waals surface area contributed by atoms with Crippen molar-refractivity contribution in [1.29, 1.82) is 0 Å². The fourth-order valence-corrected chi connectivity index (χ4v) is 2.44. The van der Waals surface area contributed by atoms with Gasteiger partial charge in [0.2, 0.25) is 0 Å². The maximum absolute atomic E-state index is 11.0. The number of hydrogen-bond donors (Lipinski definition) is 5. The molecule has 0 aromatic heterocycles. The van der Waals surface area contributed by atoms with Crippen LogP contribution in [0.1, 0.15) is 22.0 Å². The van der Waals surface area contributed by atoms with E-state index < -0.39 is 43.1 Å². The Hall–Kier alpha value is -1.71. The van der Waals surface area contributed by atoms with E-state index in [0.29, 0.717) is 5.56 Å². The first-order valence-electron chi connectivity index (χ1n) is 6.62.